The second kappa shape index (κ2) is 8.06. The van der Waals surface area contributed by atoms with Gasteiger partial charge in [-0.2, -0.15) is 0 Å². The van der Waals surface area contributed by atoms with Gasteiger partial charge in [0.2, 0.25) is 0 Å². The van der Waals surface area contributed by atoms with E-state index >= 15 is 0 Å². The molecule has 0 saturated heterocycles. The van der Waals surface area contributed by atoms with Gasteiger partial charge >= 0.3 is 0 Å². The molecule has 2 rings (SSSR count). The highest BCUT2D eigenvalue weighted by Gasteiger charge is 2.26. The molecule has 21 heavy (non-hydrogen) atoms. The molecule has 0 aromatic heterocycles. The van der Waals surface area contributed by atoms with E-state index in [2.05, 4.69) is 21.2 Å². The van der Waals surface area contributed by atoms with Gasteiger partial charge in [-0.3, -0.25) is 4.79 Å². The van der Waals surface area contributed by atoms with E-state index in [1.807, 2.05) is 0 Å². The summed E-state index contributed by atoms with van der Waals surface area (Å²) in [5.74, 6) is -2.17. The standard InChI is InChI=1S/C14H17BrF2N2O.ClH/c15-10-6-12(17)11(16)5-9(10)14(20)19-13-4-2-1-3-8(13)7-18;/h5-6,8,13H,1-4,7,18H2,(H,19,20);1H. The van der Waals surface area contributed by atoms with Crippen molar-refractivity contribution < 1.29 is 13.6 Å². The van der Waals surface area contributed by atoms with Crippen LogP contribution in [0.15, 0.2) is 16.6 Å². The Morgan fingerprint density at radius 3 is 2.57 bits per heavy atom. The summed E-state index contributed by atoms with van der Waals surface area (Å²) < 4.78 is 26.5. The maximum absolute atomic E-state index is 13.2. The number of nitrogens with two attached hydrogens (primary N) is 1. The first kappa shape index (κ1) is 18.3. The summed E-state index contributed by atoms with van der Waals surface area (Å²) in [7, 11) is 0. The zero-order valence-corrected chi connectivity index (χ0v) is 13.8. The number of benzene rings is 1. The van der Waals surface area contributed by atoms with E-state index in [4.69, 9.17) is 5.73 Å². The predicted octanol–water partition coefficient (Wildman–Crippen LogP) is 3.40. The summed E-state index contributed by atoms with van der Waals surface area (Å²) >= 11 is 3.09. The van der Waals surface area contributed by atoms with Gasteiger partial charge in [-0.15, -0.1) is 12.4 Å². The minimum atomic E-state index is -1.03. The number of carbonyl (C=O) groups is 1. The molecule has 0 spiro atoms. The summed E-state index contributed by atoms with van der Waals surface area (Å²) in [6.45, 7) is 0.518. The lowest BCUT2D eigenvalue weighted by atomic mass is 9.84. The third-order valence-corrected chi connectivity index (χ3v) is 4.44. The summed E-state index contributed by atoms with van der Waals surface area (Å²) in [5, 5.41) is 2.89. The highest BCUT2D eigenvalue weighted by molar-refractivity contribution is 9.10. The van der Waals surface area contributed by atoms with Crippen molar-refractivity contribution in [3.05, 3.63) is 33.8 Å². The van der Waals surface area contributed by atoms with Crippen LogP contribution in [-0.2, 0) is 0 Å². The van der Waals surface area contributed by atoms with Gasteiger partial charge in [0, 0.05) is 10.5 Å². The number of rotatable bonds is 3. The van der Waals surface area contributed by atoms with Crippen LogP contribution in [0.25, 0.3) is 0 Å². The van der Waals surface area contributed by atoms with Gasteiger partial charge in [0.05, 0.1) is 5.56 Å². The molecule has 0 aliphatic heterocycles. The largest absolute Gasteiger partial charge is 0.349 e. The van der Waals surface area contributed by atoms with Crippen LogP contribution in [0.1, 0.15) is 36.0 Å². The molecule has 2 unspecified atom stereocenters. The normalized spacial score (nSPS) is 21.5. The average molecular weight is 384 g/mol. The van der Waals surface area contributed by atoms with Gasteiger partial charge in [0.15, 0.2) is 11.6 Å². The molecule has 0 bridgehead atoms. The third kappa shape index (κ3) is 4.37. The van der Waals surface area contributed by atoms with Gasteiger partial charge in [-0.25, -0.2) is 8.78 Å². The Labute approximate surface area is 137 Å². The Hall–Kier alpha value is -0.720. The maximum Gasteiger partial charge on any atom is 0.252 e. The Balaban J connectivity index is 0.00000220. The first-order valence-corrected chi connectivity index (χ1v) is 7.47. The lowest BCUT2D eigenvalue weighted by Gasteiger charge is -2.31. The molecule has 1 aliphatic rings. The van der Waals surface area contributed by atoms with Crippen molar-refractivity contribution in [2.24, 2.45) is 11.7 Å². The Bertz CT molecular complexity index is 516. The molecule has 118 valence electrons. The zero-order valence-electron chi connectivity index (χ0n) is 11.4. The number of carbonyl (C=O) groups excluding carboxylic acids is 1. The van der Waals surface area contributed by atoms with Crippen LogP contribution in [0.3, 0.4) is 0 Å². The molecule has 1 aliphatic carbocycles. The molecule has 7 heteroatoms. The molecule has 1 aromatic carbocycles. The van der Waals surface area contributed by atoms with Gasteiger partial charge in [0.1, 0.15) is 0 Å². The van der Waals surface area contributed by atoms with E-state index in [1.165, 1.54) is 0 Å². The summed E-state index contributed by atoms with van der Waals surface area (Å²) in [5.41, 5.74) is 5.81. The fraction of sp³-hybridized carbons (Fsp3) is 0.500. The summed E-state index contributed by atoms with van der Waals surface area (Å²) in [6, 6.07) is 1.88. The van der Waals surface area contributed by atoms with Crippen molar-refractivity contribution in [3.8, 4) is 0 Å². The Morgan fingerprint density at radius 2 is 1.90 bits per heavy atom. The molecule has 1 amide bonds. The Morgan fingerprint density at radius 1 is 1.29 bits per heavy atom. The number of amides is 1. The van der Waals surface area contributed by atoms with Gasteiger partial charge in [-0.05, 0) is 53.4 Å². The fourth-order valence-electron chi connectivity index (χ4n) is 2.62. The fourth-order valence-corrected chi connectivity index (χ4v) is 3.12. The topological polar surface area (TPSA) is 55.1 Å². The van der Waals surface area contributed by atoms with Crippen LogP contribution >= 0.6 is 28.3 Å². The van der Waals surface area contributed by atoms with Crippen LogP contribution < -0.4 is 11.1 Å². The third-order valence-electron chi connectivity index (χ3n) is 3.78. The van der Waals surface area contributed by atoms with E-state index in [1.54, 1.807) is 0 Å². The van der Waals surface area contributed by atoms with Crippen molar-refractivity contribution in [1.29, 1.82) is 0 Å². The SMILES string of the molecule is Cl.NCC1CCCCC1NC(=O)c1cc(F)c(F)cc1Br. The van der Waals surface area contributed by atoms with Gasteiger partial charge in [-0.1, -0.05) is 12.8 Å². The molecular formula is C14H18BrClF2N2O. The molecule has 2 atom stereocenters. The molecule has 3 N–H and O–H groups in total. The molecule has 3 nitrogen and oxygen atoms in total. The summed E-state index contributed by atoms with van der Waals surface area (Å²) in [6.07, 6.45) is 4.01. The molecule has 1 fully saturated rings. The number of nitrogens with one attached hydrogen (secondary N) is 1. The molecular weight excluding hydrogens is 366 g/mol. The number of hydrogen-bond donors (Lipinski definition) is 2. The molecule has 1 saturated carbocycles. The Kier molecular flexibility index (Phi) is 7.03. The first-order valence-electron chi connectivity index (χ1n) is 6.68. The van der Waals surface area contributed by atoms with Crippen molar-refractivity contribution >= 4 is 34.2 Å². The quantitative estimate of drug-likeness (QED) is 0.786. The van der Waals surface area contributed by atoms with Crippen LogP contribution in [0.4, 0.5) is 8.78 Å². The number of halogens is 4. The molecule has 1 aromatic rings. The van der Waals surface area contributed by atoms with Crippen molar-refractivity contribution in [2.75, 3.05) is 6.54 Å². The van der Waals surface area contributed by atoms with Crippen molar-refractivity contribution in [1.82, 2.24) is 5.32 Å². The van der Waals surface area contributed by atoms with E-state index in [0.717, 1.165) is 37.8 Å². The smallest absolute Gasteiger partial charge is 0.252 e. The lowest BCUT2D eigenvalue weighted by Crippen LogP contribution is -2.44. The minimum absolute atomic E-state index is 0. The second-order valence-electron chi connectivity index (χ2n) is 5.11. The second-order valence-corrected chi connectivity index (χ2v) is 5.96. The van der Waals surface area contributed by atoms with E-state index < -0.39 is 17.5 Å². The van der Waals surface area contributed by atoms with Crippen LogP contribution in [0.2, 0.25) is 0 Å². The average Bonchev–Trinajstić information content (AvgIpc) is 2.43. The number of hydrogen-bond acceptors (Lipinski definition) is 2. The minimum Gasteiger partial charge on any atom is -0.349 e. The highest BCUT2D eigenvalue weighted by Crippen LogP contribution is 2.25. The zero-order chi connectivity index (χ0) is 14.7. The first-order chi connectivity index (χ1) is 9.52. The highest BCUT2D eigenvalue weighted by atomic mass is 79.9. The van der Waals surface area contributed by atoms with Crippen LogP contribution in [0, 0.1) is 17.6 Å². The van der Waals surface area contributed by atoms with E-state index in [9.17, 15) is 13.6 Å². The van der Waals surface area contributed by atoms with Gasteiger partial charge in [0.25, 0.3) is 5.91 Å². The molecule has 0 heterocycles. The van der Waals surface area contributed by atoms with Crippen molar-refractivity contribution in [3.63, 3.8) is 0 Å². The molecule has 0 radical (unpaired) electrons. The predicted molar refractivity (Wildman–Crippen MR) is 83.6 cm³/mol. The van der Waals surface area contributed by atoms with Gasteiger partial charge < -0.3 is 11.1 Å². The lowest BCUT2D eigenvalue weighted by molar-refractivity contribution is 0.0906. The van der Waals surface area contributed by atoms with Crippen molar-refractivity contribution in [2.45, 2.75) is 31.7 Å². The summed E-state index contributed by atoms with van der Waals surface area (Å²) in [4.78, 5) is 12.2. The van der Waals surface area contributed by atoms with E-state index in [-0.39, 0.29) is 34.4 Å². The van der Waals surface area contributed by atoms with E-state index in [0.29, 0.717) is 6.54 Å². The van der Waals surface area contributed by atoms with Crippen LogP contribution in [-0.4, -0.2) is 18.5 Å². The maximum atomic E-state index is 13.2. The monoisotopic (exact) mass is 382 g/mol. The van der Waals surface area contributed by atoms with Crippen LogP contribution in [0.5, 0.6) is 0 Å².